The molecule has 0 bridgehead atoms. The fourth-order valence-electron chi connectivity index (χ4n) is 3.30. The number of carbonyl (C=O) groups excluding carboxylic acids is 1. The van der Waals surface area contributed by atoms with Crippen LogP contribution in [-0.2, 0) is 14.8 Å². The van der Waals surface area contributed by atoms with Crippen LogP contribution in [0.15, 0.2) is 41.3 Å². The molecule has 9 nitrogen and oxygen atoms in total. The van der Waals surface area contributed by atoms with E-state index in [2.05, 4.69) is 0 Å². The quantitative estimate of drug-likeness (QED) is 0.211. The smallest absolute Gasteiger partial charge is 0.271 e. The highest BCUT2D eigenvalue weighted by Crippen LogP contribution is 2.37. The summed E-state index contributed by atoms with van der Waals surface area (Å²) in [6.45, 7) is 2.21. The number of nitrogens with zero attached hydrogens (tertiary/aromatic N) is 3. The molecule has 1 aliphatic rings. The minimum Gasteiger partial charge on any atom is -0.454 e. The molecular formula is C20H20Cl3N3O6S. The van der Waals surface area contributed by atoms with Crippen LogP contribution >= 0.6 is 34.8 Å². The standard InChI is InChI=1S/C20H20Cl3N3O6S/c1-13(27)10-20(23)24-6-8-25(9-7-24)33(30,31)19-12-15(26(28)29)3-5-17(19)32-18-11-14(21)2-4-16(18)22/h2-5,11-12,20H,6-10H2,1H3. The number of nitro groups is 1. The number of benzene rings is 2. The van der Waals surface area contributed by atoms with Gasteiger partial charge in [-0.05, 0) is 25.1 Å². The van der Waals surface area contributed by atoms with Crippen LogP contribution < -0.4 is 4.74 Å². The van der Waals surface area contributed by atoms with Gasteiger partial charge in [0.15, 0.2) is 0 Å². The number of halogens is 3. The monoisotopic (exact) mass is 535 g/mol. The number of piperazine rings is 1. The lowest BCUT2D eigenvalue weighted by Gasteiger charge is -2.36. The van der Waals surface area contributed by atoms with Gasteiger partial charge in [-0.15, -0.1) is 11.6 Å². The lowest BCUT2D eigenvalue weighted by molar-refractivity contribution is -0.385. The molecule has 2 aromatic rings. The van der Waals surface area contributed by atoms with Crippen molar-refractivity contribution < 1.29 is 22.9 Å². The molecule has 3 rings (SSSR count). The van der Waals surface area contributed by atoms with E-state index in [1.165, 1.54) is 29.4 Å². The molecule has 0 amide bonds. The summed E-state index contributed by atoms with van der Waals surface area (Å²) in [7, 11) is -4.17. The van der Waals surface area contributed by atoms with Crippen LogP contribution in [0.3, 0.4) is 0 Å². The SMILES string of the molecule is CC(=O)CC(Cl)N1CCN(S(=O)(=O)c2cc([N+](=O)[O-])ccc2Oc2cc(Cl)ccc2Cl)CC1. The number of Topliss-reactive ketones (excluding diaryl/α,β-unsaturated/α-hetero) is 1. The summed E-state index contributed by atoms with van der Waals surface area (Å²) >= 11 is 18.4. The molecule has 0 aromatic heterocycles. The van der Waals surface area contributed by atoms with Crippen LogP contribution in [0.1, 0.15) is 13.3 Å². The largest absolute Gasteiger partial charge is 0.454 e. The number of non-ortho nitro benzene ring substituents is 1. The van der Waals surface area contributed by atoms with E-state index in [1.807, 2.05) is 4.90 Å². The first-order chi connectivity index (χ1) is 15.5. The van der Waals surface area contributed by atoms with Crippen molar-refractivity contribution in [3.63, 3.8) is 0 Å². The lowest BCUT2D eigenvalue weighted by Crippen LogP contribution is -2.51. The first-order valence-electron chi connectivity index (χ1n) is 9.78. The minimum atomic E-state index is -4.17. The fourth-order valence-corrected chi connectivity index (χ4v) is 5.59. The van der Waals surface area contributed by atoms with Crippen LogP contribution in [0.2, 0.25) is 10.0 Å². The third kappa shape index (κ3) is 6.14. The maximum absolute atomic E-state index is 13.4. The number of hydrogen-bond acceptors (Lipinski definition) is 7. The molecule has 0 N–H and O–H groups in total. The van der Waals surface area contributed by atoms with Crippen molar-refractivity contribution in [2.45, 2.75) is 23.7 Å². The van der Waals surface area contributed by atoms with Crippen LogP contribution in [0.25, 0.3) is 0 Å². The number of nitro benzene ring substituents is 1. The Balaban J connectivity index is 1.91. The molecular weight excluding hydrogens is 517 g/mol. The van der Waals surface area contributed by atoms with Crippen LogP contribution in [0.4, 0.5) is 5.69 Å². The normalized spacial score (nSPS) is 16.4. The number of ether oxygens (including phenoxy) is 1. The van der Waals surface area contributed by atoms with Gasteiger partial charge in [0, 0.05) is 55.8 Å². The Bertz CT molecular complexity index is 1170. The van der Waals surface area contributed by atoms with E-state index >= 15 is 0 Å². The summed E-state index contributed by atoms with van der Waals surface area (Å²) in [5.41, 5.74) is -0.937. The van der Waals surface area contributed by atoms with Gasteiger partial charge in [0.1, 0.15) is 22.2 Å². The average Bonchev–Trinajstić information content (AvgIpc) is 2.76. The van der Waals surface area contributed by atoms with Crippen LogP contribution in [-0.4, -0.2) is 60.0 Å². The van der Waals surface area contributed by atoms with Crippen LogP contribution in [0.5, 0.6) is 11.5 Å². The fraction of sp³-hybridized carbons (Fsp3) is 0.350. The number of sulfonamides is 1. The second-order valence-electron chi connectivity index (χ2n) is 7.35. The van der Waals surface area contributed by atoms with E-state index in [0.29, 0.717) is 18.1 Å². The first-order valence-corrected chi connectivity index (χ1v) is 12.4. The Labute approximate surface area is 206 Å². The molecule has 0 aliphatic carbocycles. The van der Waals surface area contributed by atoms with E-state index in [4.69, 9.17) is 39.5 Å². The third-order valence-electron chi connectivity index (χ3n) is 4.99. The van der Waals surface area contributed by atoms with Crippen molar-refractivity contribution in [1.82, 2.24) is 9.21 Å². The zero-order chi connectivity index (χ0) is 24.3. The molecule has 1 unspecified atom stereocenters. The highest BCUT2D eigenvalue weighted by atomic mass is 35.5. The Kier molecular flexibility index (Phi) is 8.20. The van der Waals surface area contributed by atoms with E-state index in [1.54, 1.807) is 6.07 Å². The predicted octanol–water partition coefficient (Wildman–Crippen LogP) is 4.54. The summed E-state index contributed by atoms with van der Waals surface area (Å²) in [6.07, 6.45) is 0.150. The highest BCUT2D eigenvalue weighted by molar-refractivity contribution is 7.89. The molecule has 1 fully saturated rings. The highest BCUT2D eigenvalue weighted by Gasteiger charge is 2.34. The van der Waals surface area contributed by atoms with Crippen molar-refractivity contribution in [3.05, 3.63) is 56.6 Å². The van der Waals surface area contributed by atoms with E-state index in [9.17, 15) is 23.3 Å². The summed E-state index contributed by atoms with van der Waals surface area (Å²) in [5.74, 6) is -0.0874. The predicted molar refractivity (Wildman–Crippen MR) is 125 cm³/mol. The molecule has 33 heavy (non-hydrogen) atoms. The van der Waals surface area contributed by atoms with Crippen molar-refractivity contribution in [3.8, 4) is 11.5 Å². The summed E-state index contributed by atoms with van der Waals surface area (Å²) in [6, 6.07) is 7.75. The maximum atomic E-state index is 13.4. The Hall–Kier alpha value is -1.95. The number of rotatable bonds is 8. The first kappa shape index (κ1) is 25.7. The van der Waals surface area contributed by atoms with Gasteiger partial charge >= 0.3 is 0 Å². The van der Waals surface area contributed by atoms with Gasteiger partial charge in [0.2, 0.25) is 10.0 Å². The van der Waals surface area contributed by atoms with Gasteiger partial charge < -0.3 is 4.74 Å². The third-order valence-corrected chi connectivity index (χ3v) is 7.89. The summed E-state index contributed by atoms with van der Waals surface area (Å²) in [5, 5.41) is 11.8. The van der Waals surface area contributed by atoms with Crippen molar-refractivity contribution in [2.75, 3.05) is 26.2 Å². The van der Waals surface area contributed by atoms with Gasteiger partial charge in [0.25, 0.3) is 5.69 Å². The molecule has 0 saturated carbocycles. The zero-order valence-electron chi connectivity index (χ0n) is 17.4. The Morgan fingerprint density at radius 2 is 1.79 bits per heavy atom. The summed E-state index contributed by atoms with van der Waals surface area (Å²) < 4.78 is 33.8. The molecule has 1 saturated heterocycles. The van der Waals surface area contributed by atoms with Gasteiger partial charge in [-0.25, -0.2) is 8.42 Å². The number of carbonyl (C=O) groups is 1. The topological polar surface area (TPSA) is 110 Å². The molecule has 178 valence electrons. The second kappa shape index (κ2) is 10.5. The second-order valence-corrected chi connectivity index (χ2v) is 10.6. The zero-order valence-corrected chi connectivity index (χ0v) is 20.5. The Morgan fingerprint density at radius 3 is 2.39 bits per heavy atom. The average molecular weight is 537 g/mol. The molecule has 13 heteroatoms. The lowest BCUT2D eigenvalue weighted by atomic mass is 10.2. The molecule has 0 radical (unpaired) electrons. The van der Waals surface area contributed by atoms with Crippen molar-refractivity contribution >= 4 is 56.3 Å². The maximum Gasteiger partial charge on any atom is 0.271 e. The molecule has 0 spiro atoms. The van der Waals surface area contributed by atoms with E-state index < -0.39 is 26.1 Å². The van der Waals surface area contributed by atoms with Gasteiger partial charge in [-0.3, -0.25) is 19.8 Å². The summed E-state index contributed by atoms with van der Waals surface area (Å²) in [4.78, 5) is 23.4. The molecule has 2 aromatic carbocycles. The van der Waals surface area contributed by atoms with E-state index in [0.717, 1.165) is 12.1 Å². The number of alkyl halides is 1. The number of ketones is 1. The Morgan fingerprint density at radius 1 is 1.12 bits per heavy atom. The van der Waals surface area contributed by atoms with Crippen molar-refractivity contribution in [1.29, 1.82) is 0 Å². The van der Waals surface area contributed by atoms with Gasteiger partial charge in [0.05, 0.1) is 15.4 Å². The van der Waals surface area contributed by atoms with Gasteiger partial charge in [-0.2, -0.15) is 4.31 Å². The molecule has 1 heterocycles. The van der Waals surface area contributed by atoms with Gasteiger partial charge in [-0.1, -0.05) is 23.2 Å². The molecule has 1 atom stereocenters. The number of hydrogen-bond donors (Lipinski definition) is 0. The van der Waals surface area contributed by atoms with E-state index in [-0.39, 0.29) is 46.7 Å². The van der Waals surface area contributed by atoms with Crippen molar-refractivity contribution in [2.24, 2.45) is 0 Å². The molecule has 1 aliphatic heterocycles. The van der Waals surface area contributed by atoms with Crippen LogP contribution in [0, 0.1) is 10.1 Å². The minimum absolute atomic E-state index is 0.0666.